The van der Waals surface area contributed by atoms with E-state index in [0.717, 1.165) is 16.8 Å². The van der Waals surface area contributed by atoms with E-state index in [1.165, 1.54) is 7.11 Å². The van der Waals surface area contributed by atoms with E-state index in [2.05, 4.69) is 21.3 Å². The van der Waals surface area contributed by atoms with Crippen LogP contribution in [0.4, 0.5) is 21.9 Å². The second-order valence-electron chi connectivity index (χ2n) is 9.92. The van der Waals surface area contributed by atoms with Crippen LogP contribution in [0.5, 0.6) is 0 Å². The quantitative estimate of drug-likeness (QED) is 0.251. The minimum absolute atomic E-state index is 0.0204. The third-order valence-electron chi connectivity index (χ3n) is 6.17. The molecule has 0 fully saturated rings. The van der Waals surface area contributed by atoms with Crippen molar-refractivity contribution < 1.29 is 23.9 Å². The predicted octanol–water partition coefficient (Wildman–Crippen LogP) is 5.07. The van der Waals surface area contributed by atoms with Crippen LogP contribution in [0.2, 0.25) is 0 Å². The van der Waals surface area contributed by atoms with E-state index in [-0.39, 0.29) is 36.6 Å². The van der Waals surface area contributed by atoms with Crippen LogP contribution < -0.4 is 21.3 Å². The highest BCUT2D eigenvalue weighted by Crippen LogP contribution is 2.18. The summed E-state index contributed by atoms with van der Waals surface area (Å²) in [6.07, 6.45) is 0.526. The standard InChI is InChI=1S/C31H36N4O5/c1-20(2)17-27(30(38)34-26-12-8-6-10-23(26)19-29(37)40-4)33-28(36)18-22-13-15-24(16-14-22)32-31(39)35-25-11-7-5-9-21(25)3/h5-16,20,27H,17-19H2,1-4H3,(H,33,36)(H,34,38)(H2,32,35,39)/t27-/m0/s1. The van der Waals surface area contributed by atoms with Gasteiger partial charge >= 0.3 is 12.0 Å². The lowest BCUT2D eigenvalue weighted by Gasteiger charge is -2.21. The normalized spacial score (nSPS) is 11.3. The maximum Gasteiger partial charge on any atom is 0.323 e. The number of carbonyl (C=O) groups excluding carboxylic acids is 4. The number of hydrogen-bond donors (Lipinski definition) is 4. The maximum absolute atomic E-state index is 13.2. The van der Waals surface area contributed by atoms with Crippen LogP contribution in [0.25, 0.3) is 0 Å². The number of aryl methyl sites for hydroxylation is 1. The minimum Gasteiger partial charge on any atom is -0.469 e. The van der Waals surface area contributed by atoms with Gasteiger partial charge in [-0.3, -0.25) is 14.4 Å². The molecule has 0 aliphatic carbocycles. The Morgan fingerprint density at radius 2 is 1.43 bits per heavy atom. The van der Waals surface area contributed by atoms with E-state index in [0.29, 0.717) is 23.4 Å². The zero-order valence-corrected chi connectivity index (χ0v) is 23.2. The first-order chi connectivity index (χ1) is 19.1. The largest absolute Gasteiger partial charge is 0.469 e. The van der Waals surface area contributed by atoms with Gasteiger partial charge in [-0.1, -0.05) is 62.4 Å². The molecule has 4 amide bonds. The number of methoxy groups -OCH3 is 1. The first-order valence-electron chi connectivity index (χ1n) is 13.1. The van der Waals surface area contributed by atoms with E-state index in [1.807, 2.05) is 45.0 Å². The van der Waals surface area contributed by atoms with Crippen molar-refractivity contribution in [1.29, 1.82) is 0 Å². The van der Waals surface area contributed by atoms with Crippen LogP contribution in [-0.4, -0.2) is 37.0 Å². The maximum atomic E-state index is 13.2. The van der Waals surface area contributed by atoms with Crippen LogP contribution in [0.1, 0.15) is 37.0 Å². The summed E-state index contributed by atoms with van der Waals surface area (Å²) in [7, 11) is 1.31. The highest BCUT2D eigenvalue weighted by molar-refractivity contribution is 6.00. The Balaban J connectivity index is 1.59. The van der Waals surface area contributed by atoms with Gasteiger partial charge in [0.05, 0.1) is 20.0 Å². The number of carbonyl (C=O) groups is 4. The van der Waals surface area contributed by atoms with Gasteiger partial charge in [-0.25, -0.2) is 4.79 Å². The Labute approximate surface area is 234 Å². The third kappa shape index (κ3) is 9.27. The Morgan fingerprint density at radius 3 is 2.08 bits per heavy atom. The molecule has 3 rings (SSSR count). The molecule has 0 radical (unpaired) electrons. The summed E-state index contributed by atoms with van der Waals surface area (Å²) in [5.74, 6) is -0.931. The average molecular weight is 545 g/mol. The number of urea groups is 1. The number of ether oxygens (including phenoxy) is 1. The van der Waals surface area contributed by atoms with Crippen LogP contribution in [0, 0.1) is 12.8 Å². The van der Waals surface area contributed by atoms with E-state index < -0.39 is 12.0 Å². The molecule has 4 N–H and O–H groups in total. The lowest BCUT2D eigenvalue weighted by atomic mass is 10.0. The van der Waals surface area contributed by atoms with Crippen molar-refractivity contribution in [3.63, 3.8) is 0 Å². The number of esters is 1. The fourth-order valence-corrected chi connectivity index (χ4v) is 4.08. The van der Waals surface area contributed by atoms with Gasteiger partial charge in [0, 0.05) is 17.1 Å². The van der Waals surface area contributed by atoms with Crippen LogP contribution in [-0.2, 0) is 32.0 Å². The number of para-hydroxylation sites is 2. The molecule has 3 aromatic carbocycles. The topological polar surface area (TPSA) is 126 Å². The number of rotatable bonds is 11. The van der Waals surface area contributed by atoms with Gasteiger partial charge in [-0.2, -0.15) is 0 Å². The number of amides is 4. The Kier molecular flexibility index (Phi) is 10.8. The number of benzene rings is 3. The van der Waals surface area contributed by atoms with Crippen LogP contribution >= 0.6 is 0 Å². The minimum atomic E-state index is -0.759. The zero-order chi connectivity index (χ0) is 29.1. The lowest BCUT2D eigenvalue weighted by molar-refractivity contribution is -0.139. The molecule has 3 aromatic rings. The van der Waals surface area contributed by atoms with Crippen LogP contribution in [0.15, 0.2) is 72.8 Å². The van der Waals surface area contributed by atoms with Crippen molar-refractivity contribution in [2.45, 2.75) is 46.1 Å². The Bertz CT molecular complexity index is 1340. The van der Waals surface area contributed by atoms with Crippen molar-refractivity contribution in [2.24, 2.45) is 5.92 Å². The molecule has 0 heterocycles. The van der Waals surface area contributed by atoms with E-state index in [4.69, 9.17) is 4.74 Å². The highest BCUT2D eigenvalue weighted by Gasteiger charge is 2.23. The fraction of sp³-hybridized carbons (Fsp3) is 0.290. The molecule has 0 spiro atoms. The predicted molar refractivity (Wildman–Crippen MR) is 156 cm³/mol. The summed E-state index contributed by atoms with van der Waals surface area (Å²) in [6, 6.07) is 20.3. The SMILES string of the molecule is COC(=O)Cc1ccccc1NC(=O)[C@H](CC(C)C)NC(=O)Cc1ccc(NC(=O)Nc2ccccc2C)cc1. The number of anilines is 3. The summed E-state index contributed by atoms with van der Waals surface area (Å²) in [4.78, 5) is 50.1. The molecule has 210 valence electrons. The summed E-state index contributed by atoms with van der Waals surface area (Å²) in [6.45, 7) is 5.85. The molecule has 0 bridgehead atoms. The zero-order valence-electron chi connectivity index (χ0n) is 23.2. The van der Waals surface area contributed by atoms with Gasteiger partial charge in [0.2, 0.25) is 11.8 Å². The molecular formula is C31H36N4O5. The molecule has 0 aliphatic heterocycles. The molecule has 0 unspecified atom stereocenters. The molecule has 9 nitrogen and oxygen atoms in total. The van der Waals surface area contributed by atoms with Crippen LogP contribution in [0.3, 0.4) is 0 Å². The molecule has 0 saturated heterocycles. The average Bonchev–Trinajstić information content (AvgIpc) is 2.91. The molecule has 0 saturated carbocycles. The van der Waals surface area contributed by atoms with Gasteiger partial charge in [0.15, 0.2) is 0 Å². The van der Waals surface area contributed by atoms with E-state index in [1.54, 1.807) is 48.5 Å². The van der Waals surface area contributed by atoms with Crippen molar-refractivity contribution in [3.8, 4) is 0 Å². The Hall–Kier alpha value is -4.66. The summed E-state index contributed by atoms with van der Waals surface area (Å²) < 4.78 is 4.75. The molecule has 0 aromatic heterocycles. The van der Waals surface area contributed by atoms with Gasteiger partial charge in [0.25, 0.3) is 0 Å². The van der Waals surface area contributed by atoms with Gasteiger partial charge < -0.3 is 26.0 Å². The monoisotopic (exact) mass is 544 g/mol. The Morgan fingerprint density at radius 1 is 0.775 bits per heavy atom. The van der Waals surface area contributed by atoms with Crippen molar-refractivity contribution in [3.05, 3.63) is 89.5 Å². The molecule has 40 heavy (non-hydrogen) atoms. The van der Waals surface area contributed by atoms with Gasteiger partial charge in [-0.15, -0.1) is 0 Å². The summed E-state index contributed by atoms with van der Waals surface area (Å²) in [5.41, 5.74) is 4.11. The third-order valence-corrected chi connectivity index (χ3v) is 6.17. The number of hydrogen-bond acceptors (Lipinski definition) is 5. The molecular weight excluding hydrogens is 508 g/mol. The first-order valence-corrected chi connectivity index (χ1v) is 13.1. The molecule has 0 aliphatic rings. The van der Waals surface area contributed by atoms with Crippen molar-refractivity contribution in [1.82, 2.24) is 5.32 Å². The lowest BCUT2D eigenvalue weighted by Crippen LogP contribution is -2.45. The second-order valence-corrected chi connectivity index (χ2v) is 9.92. The van der Waals surface area contributed by atoms with Gasteiger partial charge in [0.1, 0.15) is 6.04 Å². The highest BCUT2D eigenvalue weighted by atomic mass is 16.5. The molecule has 1 atom stereocenters. The molecule has 9 heteroatoms. The first kappa shape index (κ1) is 29.9. The smallest absolute Gasteiger partial charge is 0.323 e. The van der Waals surface area contributed by atoms with Crippen molar-refractivity contribution in [2.75, 3.05) is 23.1 Å². The van der Waals surface area contributed by atoms with E-state index in [9.17, 15) is 19.2 Å². The van der Waals surface area contributed by atoms with E-state index >= 15 is 0 Å². The van der Waals surface area contributed by atoms with Gasteiger partial charge in [-0.05, 0) is 60.2 Å². The van der Waals surface area contributed by atoms with Crippen molar-refractivity contribution >= 4 is 40.9 Å². The summed E-state index contributed by atoms with van der Waals surface area (Å²) in [5, 5.41) is 11.3. The fourth-order valence-electron chi connectivity index (χ4n) is 4.08. The second kappa shape index (κ2) is 14.5. The summed E-state index contributed by atoms with van der Waals surface area (Å²) >= 11 is 0. The number of nitrogens with one attached hydrogen (secondary N) is 4.